The molecule has 2 N–H and O–H groups in total. The van der Waals surface area contributed by atoms with Crippen LogP contribution < -0.4 is 4.72 Å². The Balaban J connectivity index is 3.19. The van der Waals surface area contributed by atoms with Crippen molar-refractivity contribution in [3.05, 3.63) is 29.6 Å². The van der Waals surface area contributed by atoms with Crippen LogP contribution in [0, 0.1) is 12.7 Å². The topological polar surface area (TPSA) is 83.5 Å². The number of hydrogen-bond donors (Lipinski definition) is 2. The number of carboxylic acid groups (broad SMARTS) is 1. The first-order valence-corrected chi connectivity index (χ1v) is 6.24. The second-order valence-electron chi connectivity index (χ2n) is 3.57. The minimum atomic E-state index is -4.17. The van der Waals surface area contributed by atoms with E-state index in [2.05, 4.69) is 0 Å². The second kappa shape index (κ2) is 4.80. The van der Waals surface area contributed by atoms with E-state index in [1.807, 2.05) is 4.72 Å². The van der Waals surface area contributed by atoms with Crippen LogP contribution in [0.25, 0.3) is 0 Å². The highest BCUT2D eigenvalue weighted by atomic mass is 32.2. The first kappa shape index (κ1) is 13.6. The summed E-state index contributed by atoms with van der Waals surface area (Å²) in [6.45, 7) is 2.60. The number of benzene rings is 1. The molecule has 0 heterocycles. The summed E-state index contributed by atoms with van der Waals surface area (Å²) in [5.41, 5.74) is 0.218. The Labute approximate surface area is 98.3 Å². The van der Waals surface area contributed by atoms with Crippen LogP contribution in [0.2, 0.25) is 0 Å². The minimum absolute atomic E-state index is 0.218. The Morgan fingerprint density at radius 1 is 1.47 bits per heavy atom. The summed E-state index contributed by atoms with van der Waals surface area (Å²) < 4.78 is 38.9. The molecular formula is C10H12FNO4S. The molecule has 7 heteroatoms. The van der Waals surface area contributed by atoms with Gasteiger partial charge in [0.05, 0.1) is 0 Å². The van der Waals surface area contributed by atoms with Crippen molar-refractivity contribution in [1.82, 2.24) is 4.72 Å². The lowest BCUT2D eigenvalue weighted by molar-refractivity contribution is -0.138. The normalized spacial score (nSPS) is 13.4. The van der Waals surface area contributed by atoms with Crippen LogP contribution in [0.1, 0.15) is 12.5 Å². The standard InChI is InChI=1S/C10H12FNO4S/c1-6-4-3-5-8(11)9(6)17(15,16)12-7(2)10(13)14/h3-5,7,12H,1-2H3,(H,13,14)/t7-/m1/s1. The molecule has 0 amide bonds. The molecule has 1 aromatic carbocycles. The Morgan fingerprint density at radius 2 is 2.06 bits per heavy atom. The number of aryl methyl sites for hydroxylation is 1. The zero-order chi connectivity index (χ0) is 13.2. The molecule has 1 aromatic rings. The SMILES string of the molecule is Cc1cccc(F)c1S(=O)(=O)N[C@H](C)C(=O)O. The first-order chi connectivity index (χ1) is 7.75. The molecule has 17 heavy (non-hydrogen) atoms. The fraction of sp³-hybridized carbons (Fsp3) is 0.300. The maximum atomic E-state index is 13.4. The molecule has 0 saturated carbocycles. The fourth-order valence-electron chi connectivity index (χ4n) is 1.30. The lowest BCUT2D eigenvalue weighted by atomic mass is 10.2. The summed E-state index contributed by atoms with van der Waals surface area (Å²) in [7, 11) is -4.17. The van der Waals surface area contributed by atoms with Gasteiger partial charge in [0.15, 0.2) is 0 Å². The highest BCUT2D eigenvalue weighted by molar-refractivity contribution is 7.89. The van der Waals surface area contributed by atoms with Crippen LogP contribution in [0.15, 0.2) is 23.1 Å². The zero-order valence-electron chi connectivity index (χ0n) is 9.27. The Kier molecular flexibility index (Phi) is 3.84. The third-order valence-corrected chi connectivity index (χ3v) is 3.85. The van der Waals surface area contributed by atoms with E-state index in [1.54, 1.807) is 0 Å². The van der Waals surface area contributed by atoms with Crippen LogP contribution in [0.4, 0.5) is 4.39 Å². The van der Waals surface area contributed by atoms with E-state index < -0.39 is 32.7 Å². The average molecular weight is 261 g/mol. The monoisotopic (exact) mass is 261 g/mol. The van der Waals surface area contributed by atoms with Gasteiger partial charge in [0, 0.05) is 0 Å². The van der Waals surface area contributed by atoms with Crippen LogP contribution >= 0.6 is 0 Å². The van der Waals surface area contributed by atoms with Gasteiger partial charge in [0.25, 0.3) is 0 Å². The van der Waals surface area contributed by atoms with Crippen molar-refractivity contribution in [3.63, 3.8) is 0 Å². The summed E-state index contributed by atoms with van der Waals surface area (Å²) in [4.78, 5) is 10.0. The number of aliphatic carboxylic acids is 1. The molecule has 0 spiro atoms. The summed E-state index contributed by atoms with van der Waals surface area (Å²) in [5.74, 6) is -2.24. The van der Waals surface area contributed by atoms with Crippen LogP contribution in [-0.4, -0.2) is 25.5 Å². The smallest absolute Gasteiger partial charge is 0.321 e. The number of nitrogens with one attached hydrogen (secondary N) is 1. The van der Waals surface area contributed by atoms with E-state index in [1.165, 1.54) is 19.1 Å². The number of halogens is 1. The largest absolute Gasteiger partial charge is 0.480 e. The van der Waals surface area contributed by atoms with Crippen LogP contribution in [-0.2, 0) is 14.8 Å². The highest BCUT2D eigenvalue weighted by Gasteiger charge is 2.25. The van der Waals surface area contributed by atoms with Crippen LogP contribution in [0.3, 0.4) is 0 Å². The van der Waals surface area contributed by atoms with E-state index in [-0.39, 0.29) is 5.56 Å². The molecule has 1 atom stereocenters. The van der Waals surface area contributed by atoms with Gasteiger partial charge in [-0.25, -0.2) is 12.8 Å². The van der Waals surface area contributed by atoms with E-state index in [4.69, 9.17) is 5.11 Å². The Hall–Kier alpha value is -1.47. The van der Waals surface area contributed by atoms with Gasteiger partial charge in [-0.15, -0.1) is 0 Å². The van der Waals surface area contributed by atoms with Crippen molar-refractivity contribution in [2.45, 2.75) is 24.8 Å². The second-order valence-corrected chi connectivity index (χ2v) is 5.22. The Bertz CT molecular complexity index is 521. The molecule has 1 rings (SSSR count). The van der Waals surface area contributed by atoms with Gasteiger partial charge < -0.3 is 5.11 Å². The van der Waals surface area contributed by atoms with Gasteiger partial charge in [-0.3, -0.25) is 4.79 Å². The van der Waals surface area contributed by atoms with Gasteiger partial charge in [-0.05, 0) is 25.5 Å². The van der Waals surface area contributed by atoms with Gasteiger partial charge in [0.2, 0.25) is 10.0 Å². The maximum Gasteiger partial charge on any atom is 0.321 e. The van der Waals surface area contributed by atoms with E-state index >= 15 is 0 Å². The quantitative estimate of drug-likeness (QED) is 0.843. The molecule has 0 fully saturated rings. The lowest BCUT2D eigenvalue weighted by Crippen LogP contribution is -2.38. The highest BCUT2D eigenvalue weighted by Crippen LogP contribution is 2.18. The molecule has 0 saturated heterocycles. The van der Waals surface area contributed by atoms with Gasteiger partial charge in [-0.1, -0.05) is 12.1 Å². The van der Waals surface area contributed by atoms with Crippen molar-refractivity contribution in [1.29, 1.82) is 0 Å². The van der Waals surface area contributed by atoms with Gasteiger partial charge in [0.1, 0.15) is 16.8 Å². The van der Waals surface area contributed by atoms with Crippen molar-refractivity contribution in [3.8, 4) is 0 Å². The average Bonchev–Trinajstić information content (AvgIpc) is 2.15. The number of hydrogen-bond acceptors (Lipinski definition) is 3. The van der Waals surface area contributed by atoms with Crippen molar-refractivity contribution < 1.29 is 22.7 Å². The van der Waals surface area contributed by atoms with E-state index in [0.29, 0.717) is 0 Å². The van der Waals surface area contributed by atoms with Crippen molar-refractivity contribution in [2.75, 3.05) is 0 Å². The third kappa shape index (κ3) is 3.01. The number of carboxylic acids is 1. The molecule has 0 aliphatic rings. The molecule has 94 valence electrons. The summed E-state index contributed by atoms with van der Waals surface area (Å²) in [6.07, 6.45) is 0. The summed E-state index contributed by atoms with van der Waals surface area (Å²) in [6, 6.07) is 2.50. The molecule has 0 aliphatic heterocycles. The third-order valence-electron chi connectivity index (χ3n) is 2.13. The molecule has 0 unspecified atom stereocenters. The molecular weight excluding hydrogens is 249 g/mol. The van der Waals surface area contributed by atoms with E-state index in [0.717, 1.165) is 13.0 Å². The molecule has 0 aliphatic carbocycles. The number of carbonyl (C=O) groups is 1. The van der Waals surface area contributed by atoms with E-state index in [9.17, 15) is 17.6 Å². The molecule has 0 aromatic heterocycles. The molecule has 5 nitrogen and oxygen atoms in total. The summed E-state index contributed by atoms with van der Waals surface area (Å²) >= 11 is 0. The van der Waals surface area contributed by atoms with Crippen molar-refractivity contribution >= 4 is 16.0 Å². The predicted molar refractivity (Wildman–Crippen MR) is 58.6 cm³/mol. The summed E-state index contributed by atoms with van der Waals surface area (Å²) in [5, 5.41) is 8.61. The fourth-order valence-corrected chi connectivity index (χ4v) is 2.80. The minimum Gasteiger partial charge on any atom is -0.480 e. The van der Waals surface area contributed by atoms with Gasteiger partial charge in [-0.2, -0.15) is 4.72 Å². The molecule has 0 radical (unpaired) electrons. The van der Waals surface area contributed by atoms with Crippen LogP contribution in [0.5, 0.6) is 0 Å². The van der Waals surface area contributed by atoms with Gasteiger partial charge >= 0.3 is 5.97 Å². The van der Waals surface area contributed by atoms with Crippen molar-refractivity contribution in [2.24, 2.45) is 0 Å². The lowest BCUT2D eigenvalue weighted by Gasteiger charge is -2.12. The number of sulfonamides is 1. The maximum absolute atomic E-state index is 13.4. The predicted octanol–water partition coefficient (Wildman–Crippen LogP) is 0.886. The first-order valence-electron chi connectivity index (χ1n) is 4.76. The Morgan fingerprint density at radius 3 is 2.53 bits per heavy atom. The zero-order valence-corrected chi connectivity index (χ0v) is 10.1. The molecule has 0 bridgehead atoms. The number of rotatable bonds is 4.